The summed E-state index contributed by atoms with van der Waals surface area (Å²) in [6.07, 6.45) is 0.849. The number of aromatic nitrogens is 4. The molecule has 3 rings (SSSR count). The molecule has 0 N–H and O–H groups in total. The van der Waals surface area contributed by atoms with Crippen molar-refractivity contribution in [1.29, 1.82) is 0 Å². The topological polar surface area (TPSA) is 94.7 Å². The molecule has 2 aromatic rings. The van der Waals surface area contributed by atoms with Crippen molar-refractivity contribution >= 4 is 11.6 Å². The Morgan fingerprint density at radius 2 is 1.93 bits per heavy atom. The predicted molar refractivity (Wildman–Crippen MR) is 111 cm³/mol. The molecule has 30 heavy (non-hydrogen) atoms. The summed E-state index contributed by atoms with van der Waals surface area (Å²) in [4.78, 5) is 32.2. The fourth-order valence-electron chi connectivity index (χ4n) is 3.65. The fourth-order valence-corrected chi connectivity index (χ4v) is 3.65. The number of likely N-dealkylation sites (tertiary alicyclic amines) is 1. The molecule has 0 saturated carbocycles. The number of para-hydroxylation sites is 1. The molecule has 0 bridgehead atoms. The number of carbonyl (C=O) groups is 1. The lowest BCUT2D eigenvalue weighted by atomic mass is 9.94. The molecule has 2 atom stereocenters. The van der Waals surface area contributed by atoms with Crippen LogP contribution in [0.25, 0.3) is 0 Å². The Kier molecular flexibility index (Phi) is 7.72. The number of piperidine rings is 1. The largest absolute Gasteiger partial charge is 0.380 e. The summed E-state index contributed by atoms with van der Waals surface area (Å²) in [5.74, 6) is -0.00123. The van der Waals surface area contributed by atoms with E-state index in [1.54, 1.807) is 7.11 Å². The van der Waals surface area contributed by atoms with Crippen molar-refractivity contribution in [3.05, 3.63) is 40.8 Å². The second-order valence-corrected chi connectivity index (χ2v) is 7.37. The summed E-state index contributed by atoms with van der Waals surface area (Å²) in [5.41, 5.74) is 0.524. The fraction of sp³-hybridized carbons (Fsp3) is 0.600. The maximum Gasteiger partial charge on any atom is 0.363 e. The van der Waals surface area contributed by atoms with E-state index >= 15 is 0 Å². The van der Waals surface area contributed by atoms with Crippen LogP contribution in [0.3, 0.4) is 0 Å². The van der Waals surface area contributed by atoms with Crippen LogP contribution in [0.5, 0.6) is 0 Å². The van der Waals surface area contributed by atoms with E-state index in [4.69, 9.17) is 9.57 Å². The lowest BCUT2D eigenvalue weighted by molar-refractivity contribution is -0.126. The molecule has 10 heteroatoms. The maximum atomic E-state index is 12.1. The Morgan fingerprint density at radius 1 is 1.20 bits per heavy atom. The molecule has 2 unspecified atom stereocenters. The van der Waals surface area contributed by atoms with E-state index in [0.29, 0.717) is 31.9 Å². The number of hydrogen-bond donors (Lipinski definition) is 0. The van der Waals surface area contributed by atoms with Gasteiger partial charge in [-0.25, -0.2) is 4.79 Å². The molecule has 0 spiro atoms. The van der Waals surface area contributed by atoms with E-state index in [2.05, 4.69) is 15.3 Å². The lowest BCUT2D eigenvalue weighted by Gasteiger charge is -2.38. The Balaban J connectivity index is 1.53. The molecule has 164 valence electrons. The van der Waals surface area contributed by atoms with Gasteiger partial charge in [0.05, 0.1) is 24.9 Å². The second-order valence-electron chi connectivity index (χ2n) is 7.37. The SMILES string of the molecule is CCn1nnn(CCN2CCC(CON(C(C)=O)c3ccccc3)C(OC)C2)c1=O. The first-order chi connectivity index (χ1) is 14.5. The molecule has 1 saturated heterocycles. The Hall–Kier alpha value is -2.56. The third-order valence-electron chi connectivity index (χ3n) is 5.40. The average Bonchev–Trinajstić information content (AvgIpc) is 3.12. The Labute approximate surface area is 175 Å². The van der Waals surface area contributed by atoms with Gasteiger partial charge >= 0.3 is 5.69 Å². The number of methoxy groups -OCH3 is 1. The monoisotopic (exact) mass is 418 g/mol. The zero-order valence-corrected chi connectivity index (χ0v) is 17.8. The predicted octanol–water partition coefficient (Wildman–Crippen LogP) is 0.781. The second kappa shape index (κ2) is 10.5. The molecule has 1 aromatic carbocycles. The number of rotatable bonds is 9. The van der Waals surface area contributed by atoms with Gasteiger partial charge < -0.3 is 4.74 Å². The highest BCUT2D eigenvalue weighted by atomic mass is 16.7. The summed E-state index contributed by atoms with van der Waals surface area (Å²) < 4.78 is 8.44. The molecule has 1 aromatic heterocycles. The van der Waals surface area contributed by atoms with Crippen LogP contribution < -0.4 is 10.8 Å². The first-order valence-corrected chi connectivity index (χ1v) is 10.3. The molecule has 10 nitrogen and oxygen atoms in total. The normalized spacial score (nSPS) is 19.7. The number of carbonyl (C=O) groups excluding carboxylic acids is 1. The average molecular weight is 418 g/mol. The van der Waals surface area contributed by atoms with Crippen LogP contribution in [-0.4, -0.2) is 70.1 Å². The van der Waals surface area contributed by atoms with Crippen LogP contribution in [0.4, 0.5) is 5.69 Å². The number of amides is 1. The van der Waals surface area contributed by atoms with Gasteiger partial charge in [-0.1, -0.05) is 18.2 Å². The zero-order chi connectivity index (χ0) is 21.5. The van der Waals surface area contributed by atoms with Crippen molar-refractivity contribution in [3.8, 4) is 0 Å². The summed E-state index contributed by atoms with van der Waals surface area (Å²) in [6, 6.07) is 9.32. The summed E-state index contributed by atoms with van der Waals surface area (Å²) in [6.45, 7) is 7.02. The smallest absolute Gasteiger partial charge is 0.363 e. The molecule has 1 aliphatic heterocycles. The number of benzene rings is 1. The van der Waals surface area contributed by atoms with Gasteiger partial charge in [-0.05, 0) is 42.4 Å². The summed E-state index contributed by atoms with van der Waals surface area (Å²) in [5, 5.41) is 9.10. The van der Waals surface area contributed by atoms with Gasteiger partial charge in [0.25, 0.3) is 0 Å². The number of ether oxygens (including phenoxy) is 1. The van der Waals surface area contributed by atoms with E-state index in [0.717, 1.165) is 19.5 Å². The first kappa shape index (κ1) is 22.1. The summed E-state index contributed by atoms with van der Waals surface area (Å²) >= 11 is 0. The van der Waals surface area contributed by atoms with Gasteiger partial charge in [-0.2, -0.15) is 14.4 Å². The molecule has 2 heterocycles. The summed E-state index contributed by atoms with van der Waals surface area (Å²) in [7, 11) is 1.69. The number of tetrazole rings is 1. The number of aryl methyl sites for hydroxylation is 1. The highest BCUT2D eigenvalue weighted by Gasteiger charge is 2.30. The Morgan fingerprint density at radius 3 is 2.57 bits per heavy atom. The van der Waals surface area contributed by atoms with Gasteiger partial charge in [0.15, 0.2) is 0 Å². The number of nitrogens with zero attached hydrogens (tertiary/aromatic N) is 6. The van der Waals surface area contributed by atoms with E-state index in [1.165, 1.54) is 21.4 Å². The minimum atomic E-state index is -0.186. The minimum absolute atomic E-state index is 0.0219. The zero-order valence-electron chi connectivity index (χ0n) is 17.8. The minimum Gasteiger partial charge on any atom is -0.380 e. The van der Waals surface area contributed by atoms with Crippen molar-refractivity contribution in [2.75, 3.05) is 38.4 Å². The first-order valence-electron chi connectivity index (χ1n) is 10.3. The molecular formula is C20H30N6O4. The van der Waals surface area contributed by atoms with Gasteiger partial charge in [-0.15, -0.1) is 0 Å². The lowest BCUT2D eigenvalue weighted by Crippen LogP contribution is -2.48. The molecule has 1 amide bonds. The van der Waals surface area contributed by atoms with Crippen LogP contribution in [0.15, 0.2) is 35.1 Å². The molecule has 1 aliphatic rings. The molecule has 1 fully saturated rings. The van der Waals surface area contributed by atoms with Crippen molar-refractivity contribution in [2.45, 2.75) is 39.5 Å². The molecular weight excluding hydrogens is 388 g/mol. The van der Waals surface area contributed by atoms with Crippen molar-refractivity contribution in [3.63, 3.8) is 0 Å². The third-order valence-corrected chi connectivity index (χ3v) is 5.40. The van der Waals surface area contributed by atoms with Crippen LogP contribution in [-0.2, 0) is 27.5 Å². The third kappa shape index (κ3) is 5.32. The van der Waals surface area contributed by atoms with Gasteiger partial charge in [0, 0.05) is 39.6 Å². The van der Waals surface area contributed by atoms with Crippen LogP contribution in [0, 0.1) is 5.92 Å². The molecule has 0 radical (unpaired) electrons. The van der Waals surface area contributed by atoms with Crippen LogP contribution in [0.1, 0.15) is 20.3 Å². The maximum absolute atomic E-state index is 12.1. The van der Waals surface area contributed by atoms with Crippen molar-refractivity contribution in [2.24, 2.45) is 5.92 Å². The van der Waals surface area contributed by atoms with Crippen LogP contribution in [0.2, 0.25) is 0 Å². The highest BCUT2D eigenvalue weighted by Crippen LogP contribution is 2.22. The van der Waals surface area contributed by atoms with E-state index in [-0.39, 0.29) is 23.6 Å². The van der Waals surface area contributed by atoms with Gasteiger partial charge in [0.1, 0.15) is 0 Å². The van der Waals surface area contributed by atoms with Gasteiger partial charge in [-0.3, -0.25) is 14.5 Å². The quantitative estimate of drug-likeness (QED) is 0.556. The van der Waals surface area contributed by atoms with Crippen molar-refractivity contribution in [1.82, 2.24) is 24.7 Å². The Bertz CT molecular complexity index is 868. The highest BCUT2D eigenvalue weighted by molar-refractivity contribution is 5.89. The number of hydrogen-bond acceptors (Lipinski definition) is 7. The van der Waals surface area contributed by atoms with Gasteiger partial charge in [0.2, 0.25) is 5.91 Å². The van der Waals surface area contributed by atoms with E-state index in [9.17, 15) is 9.59 Å². The van der Waals surface area contributed by atoms with E-state index in [1.807, 2.05) is 37.3 Å². The standard InChI is InChI=1S/C20H30N6O4/c1-4-24-20(28)25(22-21-24)13-12-23-11-10-17(19(14-23)29-3)15-30-26(16(2)27)18-8-6-5-7-9-18/h5-9,17,19H,4,10-15H2,1-3H3. The molecule has 0 aliphatic carbocycles. The van der Waals surface area contributed by atoms with Crippen molar-refractivity contribution < 1.29 is 14.4 Å². The number of hydroxylamine groups is 1. The van der Waals surface area contributed by atoms with Crippen LogP contribution >= 0.6 is 0 Å². The van der Waals surface area contributed by atoms with E-state index < -0.39 is 0 Å². The number of anilines is 1.